The van der Waals surface area contributed by atoms with Crippen molar-refractivity contribution in [3.05, 3.63) is 0 Å². The van der Waals surface area contributed by atoms with Crippen LogP contribution in [-0.4, -0.2) is 46.3 Å². The zero-order chi connectivity index (χ0) is 15.7. The van der Waals surface area contributed by atoms with Gasteiger partial charge in [0, 0.05) is 12.6 Å². The van der Waals surface area contributed by atoms with Crippen molar-refractivity contribution in [1.82, 2.24) is 10.2 Å². The Morgan fingerprint density at radius 3 is 2.30 bits per heavy atom. The topological polar surface area (TPSA) is 69.6 Å². The first-order valence-corrected chi connectivity index (χ1v) is 6.39. The van der Waals surface area contributed by atoms with Crippen molar-refractivity contribution in [2.24, 2.45) is 5.92 Å². The minimum Gasteiger partial charge on any atom is -0.479 e. The van der Waals surface area contributed by atoms with Gasteiger partial charge >= 0.3 is 18.2 Å². The number of carboxylic acid groups (broad SMARTS) is 1. The van der Waals surface area contributed by atoms with Gasteiger partial charge in [0.25, 0.3) is 0 Å². The van der Waals surface area contributed by atoms with E-state index in [0.717, 1.165) is 0 Å². The number of hydrogen-bond acceptors (Lipinski definition) is 2. The summed E-state index contributed by atoms with van der Waals surface area (Å²) in [7, 11) is 0. The second-order valence-corrected chi connectivity index (χ2v) is 5.51. The summed E-state index contributed by atoms with van der Waals surface area (Å²) in [6, 6.07) is -1.15. The van der Waals surface area contributed by atoms with E-state index in [0.29, 0.717) is 26.3 Å². The largest absolute Gasteiger partial charge is 0.479 e. The number of carbonyl (C=O) groups excluding carboxylic acids is 1. The molecule has 0 bridgehead atoms. The molecular weight excluding hydrogens is 277 g/mol. The highest BCUT2D eigenvalue weighted by atomic mass is 19.4. The molecule has 0 saturated carbocycles. The SMILES string of the molecule is CC(C)C1CCCN1C(=O)NC(C)(C(=O)O)C(F)(F)F. The van der Waals surface area contributed by atoms with Crippen molar-refractivity contribution < 1.29 is 27.9 Å². The van der Waals surface area contributed by atoms with Gasteiger partial charge in [-0.05, 0) is 25.7 Å². The number of amides is 2. The van der Waals surface area contributed by atoms with E-state index < -0.39 is 23.7 Å². The third-order valence-corrected chi connectivity index (χ3v) is 3.68. The quantitative estimate of drug-likeness (QED) is 0.839. The molecule has 116 valence electrons. The molecule has 0 aromatic carbocycles. The predicted molar refractivity (Wildman–Crippen MR) is 65.2 cm³/mol. The predicted octanol–water partition coefficient (Wildman–Crippen LogP) is 2.22. The summed E-state index contributed by atoms with van der Waals surface area (Å²) < 4.78 is 38.5. The molecule has 2 unspecified atom stereocenters. The third-order valence-electron chi connectivity index (χ3n) is 3.68. The van der Waals surface area contributed by atoms with Crippen LogP contribution in [0.5, 0.6) is 0 Å². The number of nitrogens with zero attached hydrogens (tertiary/aromatic N) is 1. The molecule has 0 radical (unpaired) electrons. The molecule has 0 aromatic heterocycles. The van der Waals surface area contributed by atoms with Gasteiger partial charge in [-0.1, -0.05) is 13.8 Å². The smallest absolute Gasteiger partial charge is 0.422 e. The first-order chi connectivity index (χ1) is 9.00. The fourth-order valence-electron chi connectivity index (χ4n) is 2.27. The Morgan fingerprint density at radius 1 is 1.35 bits per heavy atom. The lowest BCUT2D eigenvalue weighted by Gasteiger charge is -2.33. The van der Waals surface area contributed by atoms with Gasteiger partial charge in [-0.25, -0.2) is 9.59 Å². The minimum absolute atomic E-state index is 0.102. The average molecular weight is 296 g/mol. The maximum atomic E-state index is 12.8. The van der Waals surface area contributed by atoms with Crippen LogP contribution in [0.25, 0.3) is 0 Å². The number of aliphatic carboxylic acids is 1. The molecule has 2 N–H and O–H groups in total. The molecule has 1 aliphatic heterocycles. The van der Waals surface area contributed by atoms with Gasteiger partial charge in [0.15, 0.2) is 0 Å². The summed E-state index contributed by atoms with van der Waals surface area (Å²) in [6.07, 6.45) is -3.66. The van der Waals surface area contributed by atoms with Crippen LogP contribution < -0.4 is 5.32 Å². The van der Waals surface area contributed by atoms with Crippen LogP contribution >= 0.6 is 0 Å². The summed E-state index contributed by atoms with van der Waals surface area (Å²) in [5.41, 5.74) is -3.28. The van der Waals surface area contributed by atoms with E-state index in [-0.39, 0.29) is 12.0 Å². The van der Waals surface area contributed by atoms with E-state index in [2.05, 4.69) is 0 Å². The van der Waals surface area contributed by atoms with E-state index in [1.165, 1.54) is 4.90 Å². The molecule has 2 amide bonds. The van der Waals surface area contributed by atoms with Crippen LogP contribution in [0.1, 0.15) is 33.6 Å². The Hall–Kier alpha value is -1.47. The van der Waals surface area contributed by atoms with Crippen molar-refractivity contribution >= 4 is 12.0 Å². The number of hydrogen-bond donors (Lipinski definition) is 2. The highest BCUT2D eigenvalue weighted by Crippen LogP contribution is 2.31. The van der Waals surface area contributed by atoms with Gasteiger partial charge in [0.05, 0.1) is 0 Å². The Balaban J connectivity index is 2.90. The van der Waals surface area contributed by atoms with Crippen LogP contribution in [0.2, 0.25) is 0 Å². The molecule has 0 aromatic rings. The van der Waals surface area contributed by atoms with Crippen molar-refractivity contribution in [3.8, 4) is 0 Å². The molecule has 1 fully saturated rings. The fraction of sp³-hybridized carbons (Fsp3) is 0.833. The number of halogens is 3. The van der Waals surface area contributed by atoms with Gasteiger partial charge < -0.3 is 15.3 Å². The van der Waals surface area contributed by atoms with Crippen molar-refractivity contribution in [3.63, 3.8) is 0 Å². The van der Waals surface area contributed by atoms with E-state index in [9.17, 15) is 22.8 Å². The van der Waals surface area contributed by atoms with Crippen LogP contribution in [-0.2, 0) is 4.79 Å². The second-order valence-electron chi connectivity index (χ2n) is 5.51. The van der Waals surface area contributed by atoms with Gasteiger partial charge in [0.1, 0.15) is 0 Å². The molecule has 0 aliphatic carbocycles. The summed E-state index contributed by atoms with van der Waals surface area (Å²) in [5, 5.41) is 10.4. The van der Waals surface area contributed by atoms with Crippen molar-refractivity contribution in [2.45, 2.75) is 51.4 Å². The lowest BCUT2D eigenvalue weighted by Crippen LogP contribution is -2.64. The number of alkyl halides is 3. The average Bonchev–Trinajstić information content (AvgIpc) is 2.75. The van der Waals surface area contributed by atoms with Crippen LogP contribution in [0.4, 0.5) is 18.0 Å². The Bertz CT molecular complexity index is 398. The number of nitrogens with one attached hydrogen (secondary N) is 1. The monoisotopic (exact) mass is 296 g/mol. The fourth-order valence-corrected chi connectivity index (χ4v) is 2.27. The van der Waals surface area contributed by atoms with Crippen LogP contribution in [0.3, 0.4) is 0 Å². The molecule has 5 nitrogen and oxygen atoms in total. The van der Waals surface area contributed by atoms with Gasteiger partial charge in [0.2, 0.25) is 5.54 Å². The molecule has 0 spiro atoms. The van der Waals surface area contributed by atoms with Crippen LogP contribution in [0, 0.1) is 5.92 Å². The summed E-state index contributed by atoms with van der Waals surface area (Å²) in [4.78, 5) is 24.1. The van der Waals surface area contributed by atoms with E-state index >= 15 is 0 Å². The third kappa shape index (κ3) is 2.99. The number of likely N-dealkylation sites (tertiary alicyclic amines) is 1. The summed E-state index contributed by atoms with van der Waals surface area (Å²) in [6.45, 7) is 4.53. The number of carbonyl (C=O) groups is 2. The highest BCUT2D eigenvalue weighted by molar-refractivity contribution is 5.87. The van der Waals surface area contributed by atoms with Crippen molar-refractivity contribution in [1.29, 1.82) is 0 Å². The zero-order valence-corrected chi connectivity index (χ0v) is 11.6. The lowest BCUT2D eigenvalue weighted by atomic mass is 10.0. The Kier molecular flexibility index (Phi) is 4.55. The summed E-state index contributed by atoms with van der Waals surface area (Å²) >= 11 is 0. The maximum absolute atomic E-state index is 12.8. The number of urea groups is 1. The molecule has 1 aliphatic rings. The van der Waals surface area contributed by atoms with E-state index in [1.54, 1.807) is 5.32 Å². The Morgan fingerprint density at radius 2 is 1.90 bits per heavy atom. The molecular formula is C12H19F3N2O3. The first-order valence-electron chi connectivity index (χ1n) is 6.39. The standard InChI is InChI=1S/C12H19F3N2O3/c1-7(2)8-5-4-6-17(8)10(20)16-11(3,9(18)19)12(13,14)15/h7-8H,4-6H2,1-3H3,(H,16,20)(H,18,19). The minimum atomic E-state index is -5.07. The van der Waals surface area contributed by atoms with Gasteiger partial charge in [-0.3, -0.25) is 0 Å². The molecule has 1 saturated heterocycles. The summed E-state index contributed by atoms with van der Waals surface area (Å²) in [5.74, 6) is -2.02. The molecule has 8 heteroatoms. The van der Waals surface area contributed by atoms with Gasteiger partial charge in [-0.15, -0.1) is 0 Å². The maximum Gasteiger partial charge on any atom is 0.422 e. The molecule has 1 rings (SSSR count). The molecule has 20 heavy (non-hydrogen) atoms. The first kappa shape index (κ1) is 16.6. The van der Waals surface area contributed by atoms with Gasteiger partial charge in [-0.2, -0.15) is 13.2 Å². The molecule has 1 heterocycles. The van der Waals surface area contributed by atoms with Crippen molar-refractivity contribution in [2.75, 3.05) is 6.54 Å². The highest BCUT2D eigenvalue weighted by Gasteiger charge is 2.59. The van der Waals surface area contributed by atoms with E-state index in [4.69, 9.17) is 5.11 Å². The number of carboxylic acids is 1. The van der Waals surface area contributed by atoms with E-state index in [1.807, 2.05) is 13.8 Å². The molecule has 2 atom stereocenters. The zero-order valence-electron chi connectivity index (χ0n) is 11.6. The lowest BCUT2D eigenvalue weighted by molar-refractivity contribution is -0.203. The second kappa shape index (κ2) is 5.49. The number of rotatable bonds is 3. The van der Waals surface area contributed by atoms with Crippen LogP contribution in [0.15, 0.2) is 0 Å². The normalized spacial score (nSPS) is 22.8. The Labute approximate surface area is 115 Å².